The minimum absolute atomic E-state index is 0.128. The van der Waals surface area contributed by atoms with E-state index in [1.807, 2.05) is 22.9 Å². The van der Waals surface area contributed by atoms with E-state index in [9.17, 15) is 0 Å². The molecular formula is C14H19N5O2. The molecule has 2 N–H and O–H groups in total. The third kappa shape index (κ3) is 2.33. The van der Waals surface area contributed by atoms with Gasteiger partial charge in [0, 0.05) is 12.8 Å². The molecule has 112 valence electrons. The minimum Gasteiger partial charge on any atom is -0.496 e. The highest BCUT2D eigenvalue weighted by Crippen LogP contribution is 2.38. The molecule has 21 heavy (non-hydrogen) atoms. The molecule has 1 saturated carbocycles. The van der Waals surface area contributed by atoms with Crippen LogP contribution in [0.3, 0.4) is 0 Å². The zero-order valence-electron chi connectivity index (χ0n) is 12.2. The van der Waals surface area contributed by atoms with Crippen LogP contribution in [0.5, 0.6) is 5.75 Å². The molecule has 1 aliphatic carbocycles. The summed E-state index contributed by atoms with van der Waals surface area (Å²) in [6, 6.07) is 5.65. The Balaban J connectivity index is 2.08. The summed E-state index contributed by atoms with van der Waals surface area (Å²) in [4.78, 5) is 0. The summed E-state index contributed by atoms with van der Waals surface area (Å²) >= 11 is 0. The lowest BCUT2D eigenvalue weighted by atomic mass is 10.1. The monoisotopic (exact) mass is 289 g/mol. The van der Waals surface area contributed by atoms with Crippen LogP contribution in [0, 0.1) is 0 Å². The van der Waals surface area contributed by atoms with E-state index in [2.05, 4.69) is 15.5 Å². The Morgan fingerprint density at radius 1 is 1.29 bits per heavy atom. The van der Waals surface area contributed by atoms with Crippen LogP contribution < -0.4 is 10.5 Å². The van der Waals surface area contributed by atoms with Crippen molar-refractivity contribution in [1.29, 1.82) is 0 Å². The maximum absolute atomic E-state index is 6.10. The SMILES string of the molecule is COc1cccc(N)c1-c1nnnn1C1CCCC1OC. The van der Waals surface area contributed by atoms with Gasteiger partial charge in [-0.05, 0) is 41.8 Å². The zero-order chi connectivity index (χ0) is 14.8. The second-order valence-electron chi connectivity index (χ2n) is 5.14. The molecule has 1 aromatic carbocycles. The molecule has 2 unspecified atom stereocenters. The largest absolute Gasteiger partial charge is 0.496 e. The van der Waals surface area contributed by atoms with Gasteiger partial charge in [0.25, 0.3) is 0 Å². The van der Waals surface area contributed by atoms with E-state index in [0.717, 1.165) is 24.8 Å². The van der Waals surface area contributed by atoms with Crippen LogP contribution in [0.1, 0.15) is 25.3 Å². The molecular weight excluding hydrogens is 270 g/mol. The quantitative estimate of drug-likeness (QED) is 0.861. The normalized spacial score (nSPS) is 21.6. The number of anilines is 1. The first-order chi connectivity index (χ1) is 10.3. The molecule has 0 amide bonds. The molecule has 0 aliphatic heterocycles. The van der Waals surface area contributed by atoms with Crippen LogP contribution >= 0.6 is 0 Å². The van der Waals surface area contributed by atoms with E-state index >= 15 is 0 Å². The molecule has 7 heteroatoms. The predicted molar refractivity (Wildman–Crippen MR) is 77.9 cm³/mol. The number of methoxy groups -OCH3 is 2. The van der Waals surface area contributed by atoms with Gasteiger partial charge in [-0.25, -0.2) is 4.68 Å². The van der Waals surface area contributed by atoms with E-state index < -0.39 is 0 Å². The second kappa shape index (κ2) is 5.69. The highest BCUT2D eigenvalue weighted by Gasteiger charge is 2.32. The number of benzene rings is 1. The molecule has 1 aliphatic rings. The molecule has 1 fully saturated rings. The highest BCUT2D eigenvalue weighted by atomic mass is 16.5. The van der Waals surface area contributed by atoms with Crippen molar-refractivity contribution in [3.63, 3.8) is 0 Å². The Morgan fingerprint density at radius 2 is 2.14 bits per heavy atom. The van der Waals surface area contributed by atoms with Gasteiger partial charge in [-0.15, -0.1) is 5.10 Å². The van der Waals surface area contributed by atoms with Gasteiger partial charge in [0.1, 0.15) is 5.75 Å². The number of nitrogens with two attached hydrogens (primary N) is 1. The van der Waals surface area contributed by atoms with Crippen LogP contribution in [0.15, 0.2) is 18.2 Å². The fourth-order valence-electron chi connectivity index (χ4n) is 3.00. The van der Waals surface area contributed by atoms with Crippen LogP contribution in [-0.4, -0.2) is 40.5 Å². The van der Waals surface area contributed by atoms with Gasteiger partial charge in [0.15, 0.2) is 5.82 Å². The smallest absolute Gasteiger partial charge is 0.188 e. The van der Waals surface area contributed by atoms with Crippen molar-refractivity contribution in [2.24, 2.45) is 0 Å². The summed E-state index contributed by atoms with van der Waals surface area (Å²) in [6.45, 7) is 0. The maximum atomic E-state index is 6.10. The first kappa shape index (κ1) is 13.8. The Labute approximate surface area is 123 Å². The van der Waals surface area contributed by atoms with Gasteiger partial charge >= 0.3 is 0 Å². The second-order valence-corrected chi connectivity index (χ2v) is 5.14. The van der Waals surface area contributed by atoms with Crippen molar-refractivity contribution in [3.05, 3.63) is 18.2 Å². The number of hydrogen-bond acceptors (Lipinski definition) is 6. The molecule has 7 nitrogen and oxygen atoms in total. The number of nitrogens with zero attached hydrogens (tertiary/aromatic N) is 4. The number of nitrogen functional groups attached to an aromatic ring is 1. The van der Waals surface area contributed by atoms with Crippen molar-refractivity contribution in [2.45, 2.75) is 31.4 Å². The summed E-state index contributed by atoms with van der Waals surface area (Å²) in [7, 11) is 3.34. The predicted octanol–water partition coefficient (Wildman–Crippen LogP) is 1.67. The Morgan fingerprint density at radius 3 is 2.90 bits per heavy atom. The van der Waals surface area contributed by atoms with Crippen molar-refractivity contribution in [2.75, 3.05) is 20.0 Å². The van der Waals surface area contributed by atoms with Gasteiger partial charge < -0.3 is 15.2 Å². The molecule has 1 aromatic heterocycles. The van der Waals surface area contributed by atoms with E-state index in [0.29, 0.717) is 17.3 Å². The molecule has 2 aromatic rings. The van der Waals surface area contributed by atoms with Crippen LogP contribution in [0.25, 0.3) is 11.4 Å². The van der Waals surface area contributed by atoms with E-state index in [4.69, 9.17) is 15.2 Å². The summed E-state index contributed by atoms with van der Waals surface area (Å²) < 4.78 is 12.8. The van der Waals surface area contributed by atoms with Gasteiger partial charge in [-0.2, -0.15) is 0 Å². The standard InChI is InChI=1S/C14H19N5O2/c1-20-11-7-4-6-10(11)19-14(16-17-18-19)13-9(15)5-3-8-12(13)21-2/h3,5,8,10-11H,4,6-7,15H2,1-2H3. The molecule has 0 radical (unpaired) electrons. The fraction of sp³-hybridized carbons (Fsp3) is 0.500. The van der Waals surface area contributed by atoms with Crippen molar-refractivity contribution < 1.29 is 9.47 Å². The topological polar surface area (TPSA) is 88.1 Å². The van der Waals surface area contributed by atoms with Gasteiger partial charge in [0.05, 0.1) is 24.8 Å². The summed E-state index contributed by atoms with van der Waals surface area (Å²) in [5.74, 6) is 1.29. The van der Waals surface area contributed by atoms with Crippen LogP contribution in [0.4, 0.5) is 5.69 Å². The number of ether oxygens (including phenoxy) is 2. The molecule has 0 bridgehead atoms. The molecule has 1 heterocycles. The minimum atomic E-state index is 0.128. The van der Waals surface area contributed by atoms with Gasteiger partial charge in [0.2, 0.25) is 0 Å². The van der Waals surface area contributed by atoms with Crippen molar-refractivity contribution in [3.8, 4) is 17.1 Å². The molecule has 2 atom stereocenters. The summed E-state index contributed by atoms with van der Waals surface area (Å²) in [5, 5.41) is 12.1. The van der Waals surface area contributed by atoms with Crippen molar-refractivity contribution in [1.82, 2.24) is 20.2 Å². The third-order valence-corrected chi connectivity index (χ3v) is 4.03. The maximum Gasteiger partial charge on any atom is 0.188 e. The lowest BCUT2D eigenvalue weighted by Gasteiger charge is -2.20. The fourth-order valence-corrected chi connectivity index (χ4v) is 3.00. The van der Waals surface area contributed by atoms with Crippen molar-refractivity contribution >= 4 is 5.69 Å². The lowest BCUT2D eigenvalue weighted by Crippen LogP contribution is -2.22. The Kier molecular flexibility index (Phi) is 3.74. The van der Waals surface area contributed by atoms with E-state index in [1.165, 1.54) is 0 Å². The van der Waals surface area contributed by atoms with E-state index in [-0.39, 0.29) is 12.1 Å². The molecule has 0 spiro atoms. The average Bonchev–Trinajstić information content (AvgIpc) is 3.14. The van der Waals surface area contributed by atoms with Crippen LogP contribution in [-0.2, 0) is 4.74 Å². The Hall–Kier alpha value is -2.15. The average molecular weight is 289 g/mol. The number of rotatable bonds is 4. The molecule has 0 saturated heterocycles. The van der Waals surface area contributed by atoms with Gasteiger partial charge in [-0.1, -0.05) is 6.07 Å². The van der Waals surface area contributed by atoms with E-state index in [1.54, 1.807) is 14.2 Å². The molecule has 3 rings (SSSR count). The number of hydrogen-bond donors (Lipinski definition) is 1. The van der Waals surface area contributed by atoms with Gasteiger partial charge in [-0.3, -0.25) is 0 Å². The lowest BCUT2D eigenvalue weighted by molar-refractivity contribution is 0.0707. The van der Waals surface area contributed by atoms with Crippen LogP contribution in [0.2, 0.25) is 0 Å². The summed E-state index contributed by atoms with van der Waals surface area (Å²) in [5.41, 5.74) is 7.43. The first-order valence-electron chi connectivity index (χ1n) is 6.99. The highest BCUT2D eigenvalue weighted by molar-refractivity contribution is 5.77. The first-order valence-corrected chi connectivity index (χ1v) is 6.99. The third-order valence-electron chi connectivity index (χ3n) is 4.03. The zero-order valence-corrected chi connectivity index (χ0v) is 12.2. The number of tetrazole rings is 1. The summed E-state index contributed by atoms with van der Waals surface area (Å²) in [6.07, 6.45) is 3.24. The Bertz CT molecular complexity index is 628. The number of aromatic nitrogens is 4.